The van der Waals surface area contributed by atoms with Gasteiger partial charge in [0.05, 0.1) is 10.6 Å². The average Bonchev–Trinajstić information content (AvgIpc) is 2.38. The molecule has 0 saturated carbocycles. The number of benzene rings is 2. The third-order valence-electron chi connectivity index (χ3n) is 2.40. The van der Waals surface area contributed by atoms with Crippen molar-refractivity contribution in [2.24, 2.45) is 0 Å². The Hall–Kier alpha value is -1.45. The van der Waals surface area contributed by atoms with Crippen LogP contribution in [0.25, 0.3) is 0 Å². The minimum atomic E-state index is -0.903. The molecule has 0 atom stereocenters. The number of carbonyl (C=O) groups is 1. The van der Waals surface area contributed by atoms with Crippen LogP contribution in [0.1, 0.15) is 15.9 Å². The van der Waals surface area contributed by atoms with Gasteiger partial charge in [0.25, 0.3) is 0 Å². The van der Waals surface area contributed by atoms with Gasteiger partial charge in [0, 0.05) is 10.6 Å². The van der Waals surface area contributed by atoms with E-state index >= 15 is 0 Å². The minimum absolute atomic E-state index is 0.312. The van der Waals surface area contributed by atoms with Crippen molar-refractivity contribution in [3.8, 4) is 0 Å². The lowest BCUT2D eigenvalue weighted by molar-refractivity contribution is 0.0697. The summed E-state index contributed by atoms with van der Waals surface area (Å²) in [5.41, 5.74) is 1.28. The summed E-state index contributed by atoms with van der Waals surface area (Å²) in [6.07, 6.45) is 0. The zero-order valence-electron chi connectivity index (χ0n) is 9.47. The molecule has 2 aromatic rings. The summed E-state index contributed by atoms with van der Waals surface area (Å²) >= 11 is 7.65. The van der Waals surface area contributed by atoms with Crippen molar-refractivity contribution in [2.45, 2.75) is 10.6 Å². The molecule has 0 aliphatic carbocycles. The Morgan fingerprint density at radius 3 is 2.67 bits per heavy atom. The van der Waals surface area contributed by atoms with Crippen LogP contribution >= 0.6 is 23.4 Å². The molecule has 92 valence electrons. The molecule has 1 N–H and O–H groups in total. The number of aromatic carboxylic acids is 1. The molecule has 0 fully saturated rings. The number of carboxylic acids is 1. The van der Waals surface area contributed by atoms with Crippen molar-refractivity contribution in [1.82, 2.24) is 0 Å². The zero-order chi connectivity index (χ0) is 13.0. The molecule has 0 unspecified atom stereocenters. The van der Waals surface area contributed by atoms with Crippen LogP contribution in [-0.4, -0.2) is 11.1 Å². The quantitative estimate of drug-likeness (QED) is 0.846. The monoisotopic (exact) mass is 278 g/mol. The third kappa shape index (κ3) is 3.28. The van der Waals surface area contributed by atoms with E-state index in [2.05, 4.69) is 0 Å². The van der Waals surface area contributed by atoms with Gasteiger partial charge in [-0.3, -0.25) is 0 Å². The maximum absolute atomic E-state index is 10.9. The highest BCUT2D eigenvalue weighted by atomic mass is 35.5. The van der Waals surface area contributed by atoms with Crippen molar-refractivity contribution in [3.63, 3.8) is 0 Å². The molecule has 4 heteroatoms. The van der Waals surface area contributed by atoms with Crippen LogP contribution in [0.15, 0.2) is 53.4 Å². The minimum Gasteiger partial charge on any atom is -0.478 e. The van der Waals surface area contributed by atoms with E-state index in [0.717, 1.165) is 15.5 Å². The number of hydrogen-bond donors (Lipinski definition) is 1. The van der Waals surface area contributed by atoms with Crippen LogP contribution in [0, 0.1) is 0 Å². The van der Waals surface area contributed by atoms with Crippen molar-refractivity contribution >= 4 is 29.3 Å². The van der Waals surface area contributed by atoms with Crippen LogP contribution in [0.5, 0.6) is 0 Å². The lowest BCUT2D eigenvalue weighted by atomic mass is 10.1. The van der Waals surface area contributed by atoms with Crippen LogP contribution in [-0.2, 0) is 5.75 Å². The molecular formula is C14H11ClO2S. The fourth-order valence-corrected chi connectivity index (χ4v) is 2.70. The van der Waals surface area contributed by atoms with E-state index in [1.807, 2.05) is 30.3 Å². The van der Waals surface area contributed by atoms with Gasteiger partial charge in [-0.15, -0.1) is 11.8 Å². The molecule has 0 radical (unpaired) electrons. The van der Waals surface area contributed by atoms with Crippen molar-refractivity contribution in [3.05, 3.63) is 64.7 Å². The third-order valence-corrected chi connectivity index (χ3v) is 3.99. The Balaban J connectivity index is 2.09. The van der Waals surface area contributed by atoms with Crippen LogP contribution < -0.4 is 0 Å². The fraction of sp³-hybridized carbons (Fsp3) is 0.0714. The Morgan fingerprint density at radius 2 is 1.94 bits per heavy atom. The van der Waals surface area contributed by atoms with Crippen molar-refractivity contribution in [1.29, 1.82) is 0 Å². The Bertz CT molecular complexity index is 569. The van der Waals surface area contributed by atoms with Gasteiger partial charge in [-0.05, 0) is 29.8 Å². The number of rotatable bonds is 4. The van der Waals surface area contributed by atoms with E-state index in [9.17, 15) is 4.79 Å². The first kappa shape index (κ1) is 13.0. The molecule has 0 bridgehead atoms. The van der Waals surface area contributed by atoms with Crippen molar-refractivity contribution in [2.75, 3.05) is 0 Å². The van der Waals surface area contributed by atoms with E-state index in [-0.39, 0.29) is 0 Å². The molecule has 0 heterocycles. The molecule has 0 amide bonds. The van der Waals surface area contributed by atoms with E-state index in [0.29, 0.717) is 11.3 Å². The lowest BCUT2D eigenvalue weighted by Gasteiger charge is -2.04. The summed E-state index contributed by atoms with van der Waals surface area (Å²) in [5.74, 6) is -0.204. The average molecular weight is 279 g/mol. The van der Waals surface area contributed by atoms with Gasteiger partial charge in [0.15, 0.2) is 0 Å². The Labute approximate surface area is 115 Å². The van der Waals surface area contributed by atoms with Gasteiger partial charge >= 0.3 is 5.97 Å². The van der Waals surface area contributed by atoms with Crippen molar-refractivity contribution < 1.29 is 9.90 Å². The second kappa shape index (κ2) is 5.94. The van der Waals surface area contributed by atoms with Gasteiger partial charge in [0.1, 0.15) is 0 Å². The van der Waals surface area contributed by atoms with Crippen LogP contribution in [0.4, 0.5) is 0 Å². The predicted molar refractivity (Wildman–Crippen MR) is 74.4 cm³/mol. The highest BCUT2D eigenvalue weighted by Gasteiger charge is 2.04. The molecule has 0 aliphatic rings. The number of carboxylic acid groups (broad SMARTS) is 1. The second-order valence-corrected chi connectivity index (χ2v) is 5.15. The molecule has 0 saturated heterocycles. The van der Waals surface area contributed by atoms with Crippen LogP contribution in [0.3, 0.4) is 0 Å². The zero-order valence-corrected chi connectivity index (χ0v) is 11.0. The van der Waals surface area contributed by atoms with Gasteiger partial charge in [0.2, 0.25) is 0 Å². The summed E-state index contributed by atoms with van der Waals surface area (Å²) in [7, 11) is 0. The fourth-order valence-electron chi connectivity index (χ4n) is 1.52. The molecule has 2 rings (SSSR count). The maximum atomic E-state index is 10.9. The Kier molecular flexibility index (Phi) is 4.28. The summed E-state index contributed by atoms with van der Waals surface area (Å²) in [6, 6.07) is 14.6. The van der Waals surface area contributed by atoms with Gasteiger partial charge < -0.3 is 5.11 Å². The van der Waals surface area contributed by atoms with Gasteiger partial charge in [-0.1, -0.05) is 35.9 Å². The van der Waals surface area contributed by atoms with Crippen LogP contribution in [0.2, 0.25) is 5.02 Å². The first-order chi connectivity index (χ1) is 8.66. The first-order valence-electron chi connectivity index (χ1n) is 5.36. The molecule has 2 aromatic carbocycles. The normalized spacial score (nSPS) is 10.3. The second-order valence-electron chi connectivity index (χ2n) is 3.72. The standard InChI is InChI=1S/C14H11ClO2S/c15-12-6-1-2-7-13(12)18-9-10-4-3-5-11(8-10)14(16)17/h1-8H,9H2,(H,16,17). The number of hydrogen-bond acceptors (Lipinski definition) is 2. The summed E-state index contributed by atoms with van der Waals surface area (Å²) < 4.78 is 0. The SMILES string of the molecule is O=C(O)c1cccc(CSc2ccccc2Cl)c1. The lowest BCUT2D eigenvalue weighted by Crippen LogP contribution is -1.96. The maximum Gasteiger partial charge on any atom is 0.335 e. The smallest absolute Gasteiger partial charge is 0.335 e. The molecule has 0 spiro atoms. The number of halogens is 1. The van der Waals surface area contributed by atoms with E-state index in [1.54, 1.807) is 30.0 Å². The topological polar surface area (TPSA) is 37.3 Å². The van der Waals surface area contributed by atoms with Gasteiger partial charge in [-0.2, -0.15) is 0 Å². The summed E-state index contributed by atoms with van der Waals surface area (Å²) in [6.45, 7) is 0. The highest BCUT2D eigenvalue weighted by molar-refractivity contribution is 7.98. The molecular weight excluding hydrogens is 268 g/mol. The van der Waals surface area contributed by atoms with E-state index in [4.69, 9.17) is 16.7 Å². The summed E-state index contributed by atoms with van der Waals surface area (Å²) in [4.78, 5) is 11.9. The Morgan fingerprint density at radius 1 is 1.17 bits per heavy atom. The molecule has 0 aromatic heterocycles. The van der Waals surface area contributed by atoms with Gasteiger partial charge in [-0.25, -0.2) is 4.79 Å². The first-order valence-corrected chi connectivity index (χ1v) is 6.73. The molecule has 2 nitrogen and oxygen atoms in total. The molecule has 0 aliphatic heterocycles. The van der Waals surface area contributed by atoms with E-state index < -0.39 is 5.97 Å². The largest absolute Gasteiger partial charge is 0.478 e. The summed E-state index contributed by atoms with van der Waals surface area (Å²) in [5, 5.41) is 9.63. The highest BCUT2D eigenvalue weighted by Crippen LogP contribution is 2.29. The number of thioether (sulfide) groups is 1. The molecule has 18 heavy (non-hydrogen) atoms. The predicted octanol–water partition coefficient (Wildman–Crippen LogP) is 4.33. The van der Waals surface area contributed by atoms with E-state index in [1.165, 1.54) is 0 Å².